The zero-order valence-corrected chi connectivity index (χ0v) is 18.9. The largest absolute Gasteiger partial charge is 0.416 e. The summed E-state index contributed by atoms with van der Waals surface area (Å²) < 4.78 is 69.2. The van der Waals surface area contributed by atoms with Gasteiger partial charge in [-0.1, -0.05) is 19.9 Å². The number of hydrogen-bond donors (Lipinski definition) is 1. The van der Waals surface area contributed by atoms with Crippen LogP contribution >= 0.6 is 0 Å². The Bertz CT molecular complexity index is 1130. The van der Waals surface area contributed by atoms with Crippen LogP contribution in [0.1, 0.15) is 37.8 Å². The van der Waals surface area contributed by atoms with Crippen LogP contribution < -0.4 is 4.18 Å². The fourth-order valence-electron chi connectivity index (χ4n) is 3.71. The topological polar surface area (TPSA) is 62.4 Å². The second-order valence-corrected chi connectivity index (χ2v) is 9.19. The van der Waals surface area contributed by atoms with Crippen molar-refractivity contribution in [3.05, 3.63) is 59.8 Å². The molecule has 0 bridgehead atoms. The van der Waals surface area contributed by atoms with Crippen LogP contribution in [0.4, 0.5) is 13.2 Å². The van der Waals surface area contributed by atoms with Crippen LogP contribution in [0.5, 0.6) is 5.75 Å². The number of nitrogens with one attached hydrogen (secondary N) is 1. The van der Waals surface area contributed by atoms with Crippen molar-refractivity contribution in [1.82, 2.24) is 9.88 Å². The molecule has 0 saturated heterocycles. The highest BCUT2D eigenvalue weighted by Crippen LogP contribution is 2.33. The van der Waals surface area contributed by atoms with Gasteiger partial charge in [-0.2, -0.15) is 21.6 Å². The molecule has 3 rings (SSSR count). The Morgan fingerprint density at radius 1 is 0.969 bits per heavy atom. The third kappa shape index (κ3) is 5.63. The quantitative estimate of drug-likeness (QED) is 0.393. The fraction of sp³-hybridized carbons (Fsp3) is 0.391. The SMILES string of the molecule is CCCN(CCC)CCc1c[nH]c2cccc(OS(=O)(=O)c3ccc(C(F)(F)F)cc3)c12. The van der Waals surface area contributed by atoms with Crippen LogP contribution in [0.25, 0.3) is 10.9 Å². The van der Waals surface area contributed by atoms with Crippen LogP contribution in [0, 0.1) is 0 Å². The average molecular weight is 469 g/mol. The maximum atomic E-state index is 12.8. The zero-order valence-electron chi connectivity index (χ0n) is 18.1. The van der Waals surface area contributed by atoms with Gasteiger partial charge in [0, 0.05) is 23.6 Å². The van der Waals surface area contributed by atoms with E-state index < -0.39 is 21.9 Å². The summed E-state index contributed by atoms with van der Waals surface area (Å²) in [5.74, 6) is 0.149. The monoisotopic (exact) mass is 468 g/mol. The van der Waals surface area contributed by atoms with E-state index in [2.05, 4.69) is 23.7 Å². The number of H-pyrrole nitrogens is 1. The predicted molar refractivity (Wildman–Crippen MR) is 118 cm³/mol. The Kier molecular flexibility index (Phi) is 7.51. The van der Waals surface area contributed by atoms with Crippen LogP contribution in [0.3, 0.4) is 0 Å². The van der Waals surface area contributed by atoms with Gasteiger partial charge in [-0.05, 0) is 74.3 Å². The third-order valence-electron chi connectivity index (χ3n) is 5.20. The molecule has 32 heavy (non-hydrogen) atoms. The normalized spacial score (nSPS) is 12.6. The predicted octanol–water partition coefficient (Wildman–Crippen LogP) is 5.62. The lowest BCUT2D eigenvalue weighted by molar-refractivity contribution is -0.137. The molecule has 0 spiro atoms. The van der Waals surface area contributed by atoms with E-state index in [4.69, 9.17) is 4.18 Å². The number of fused-ring (bicyclic) bond motifs is 1. The summed E-state index contributed by atoms with van der Waals surface area (Å²) in [5, 5.41) is 0.663. The first kappa shape index (κ1) is 24.1. The molecule has 1 N–H and O–H groups in total. The first-order chi connectivity index (χ1) is 15.2. The van der Waals surface area contributed by atoms with E-state index in [1.807, 2.05) is 12.3 Å². The molecule has 1 heterocycles. The van der Waals surface area contributed by atoms with E-state index in [0.29, 0.717) is 11.8 Å². The van der Waals surface area contributed by atoms with E-state index in [1.165, 1.54) is 0 Å². The van der Waals surface area contributed by atoms with Gasteiger partial charge in [0.25, 0.3) is 0 Å². The van der Waals surface area contributed by atoms with E-state index in [-0.39, 0.29) is 10.6 Å². The molecule has 0 aliphatic heterocycles. The molecule has 0 radical (unpaired) electrons. The molecule has 3 aromatic rings. The van der Waals surface area contributed by atoms with Crippen molar-refractivity contribution in [2.75, 3.05) is 19.6 Å². The number of hydrogen-bond acceptors (Lipinski definition) is 4. The Morgan fingerprint density at radius 3 is 2.22 bits per heavy atom. The van der Waals surface area contributed by atoms with Gasteiger partial charge >= 0.3 is 16.3 Å². The maximum Gasteiger partial charge on any atom is 0.416 e. The molecule has 2 aromatic carbocycles. The molecule has 0 fully saturated rings. The van der Waals surface area contributed by atoms with Crippen molar-refractivity contribution in [3.8, 4) is 5.75 Å². The molecule has 0 atom stereocenters. The van der Waals surface area contributed by atoms with Gasteiger partial charge in [-0.15, -0.1) is 0 Å². The molecular weight excluding hydrogens is 441 g/mol. The highest BCUT2D eigenvalue weighted by molar-refractivity contribution is 7.87. The maximum absolute atomic E-state index is 12.8. The summed E-state index contributed by atoms with van der Waals surface area (Å²) in [6, 6.07) is 8.32. The number of aromatic amines is 1. The van der Waals surface area contributed by atoms with Gasteiger partial charge in [-0.25, -0.2) is 0 Å². The van der Waals surface area contributed by atoms with Crippen LogP contribution in [-0.4, -0.2) is 37.9 Å². The smallest absolute Gasteiger partial charge is 0.378 e. The second-order valence-electron chi connectivity index (χ2n) is 7.64. The summed E-state index contributed by atoms with van der Waals surface area (Å²) in [4.78, 5) is 5.17. The Labute approximate surface area is 186 Å². The fourth-order valence-corrected chi connectivity index (χ4v) is 4.65. The van der Waals surface area contributed by atoms with Crippen molar-refractivity contribution in [2.45, 2.75) is 44.2 Å². The Morgan fingerprint density at radius 2 is 1.62 bits per heavy atom. The molecule has 0 aliphatic rings. The highest BCUT2D eigenvalue weighted by atomic mass is 32.2. The molecule has 0 saturated carbocycles. The van der Waals surface area contributed by atoms with Gasteiger partial charge in [0.05, 0.1) is 5.56 Å². The summed E-state index contributed by atoms with van der Waals surface area (Å²) in [7, 11) is -4.30. The number of rotatable bonds is 10. The van der Waals surface area contributed by atoms with Gasteiger partial charge < -0.3 is 14.1 Å². The lowest BCUT2D eigenvalue weighted by Crippen LogP contribution is -2.27. The van der Waals surface area contributed by atoms with Crippen molar-refractivity contribution in [3.63, 3.8) is 0 Å². The first-order valence-electron chi connectivity index (χ1n) is 10.6. The van der Waals surface area contributed by atoms with Gasteiger partial charge in [0.2, 0.25) is 0 Å². The molecule has 0 aliphatic carbocycles. The molecule has 9 heteroatoms. The van der Waals surface area contributed by atoms with Crippen molar-refractivity contribution < 1.29 is 25.8 Å². The average Bonchev–Trinajstić information content (AvgIpc) is 3.16. The van der Waals surface area contributed by atoms with E-state index >= 15 is 0 Å². The van der Waals surface area contributed by atoms with Crippen molar-refractivity contribution >= 4 is 21.0 Å². The number of benzene rings is 2. The molecule has 174 valence electrons. The Balaban J connectivity index is 1.86. The second kappa shape index (κ2) is 9.95. The highest BCUT2D eigenvalue weighted by Gasteiger charge is 2.31. The molecule has 0 amide bonds. The minimum atomic E-state index is -4.54. The molecule has 1 aromatic heterocycles. The summed E-state index contributed by atoms with van der Waals surface area (Å²) in [6.07, 6.45) is 0.110. The van der Waals surface area contributed by atoms with Gasteiger partial charge in [0.15, 0.2) is 5.75 Å². The summed E-state index contributed by atoms with van der Waals surface area (Å²) in [6.45, 7) is 7.07. The van der Waals surface area contributed by atoms with Crippen LogP contribution in [0.15, 0.2) is 53.6 Å². The van der Waals surface area contributed by atoms with Gasteiger partial charge in [0.1, 0.15) is 4.90 Å². The lowest BCUT2D eigenvalue weighted by atomic mass is 10.1. The van der Waals surface area contributed by atoms with Crippen LogP contribution in [-0.2, 0) is 22.7 Å². The molecule has 5 nitrogen and oxygen atoms in total. The number of halogens is 3. The summed E-state index contributed by atoms with van der Waals surface area (Å²) in [5.41, 5.74) is 0.739. The minimum Gasteiger partial charge on any atom is -0.378 e. The molecule has 0 unspecified atom stereocenters. The van der Waals surface area contributed by atoms with Crippen molar-refractivity contribution in [2.24, 2.45) is 0 Å². The number of aromatic nitrogens is 1. The van der Waals surface area contributed by atoms with Crippen molar-refractivity contribution in [1.29, 1.82) is 0 Å². The van der Waals surface area contributed by atoms with Crippen LogP contribution in [0.2, 0.25) is 0 Å². The third-order valence-corrected chi connectivity index (χ3v) is 6.44. The van der Waals surface area contributed by atoms with Gasteiger partial charge in [-0.3, -0.25) is 0 Å². The van der Waals surface area contributed by atoms with E-state index in [1.54, 1.807) is 12.1 Å². The van der Waals surface area contributed by atoms with E-state index in [9.17, 15) is 21.6 Å². The zero-order chi connectivity index (χ0) is 23.4. The standard InChI is InChI=1S/C23H27F3N2O3S/c1-3-13-28(14-4-2)15-12-17-16-27-20-6-5-7-21(22(17)20)31-32(29,30)19-10-8-18(9-11-19)23(24,25)26/h5-11,16,27H,3-4,12-15H2,1-2H3. The number of alkyl halides is 3. The Hall–Kier alpha value is -2.52. The first-order valence-corrected chi connectivity index (χ1v) is 12.0. The van der Waals surface area contributed by atoms with E-state index in [0.717, 1.165) is 67.8 Å². The number of nitrogens with zero attached hydrogens (tertiary/aromatic N) is 1. The minimum absolute atomic E-state index is 0.149. The lowest BCUT2D eigenvalue weighted by Gasteiger charge is -2.20. The summed E-state index contributed by atoms with van der Waals surface area (Å²) >= 11 is 0. The molecular formula is C23H27F3N2O3S.